The zero-order valence-corrected chi connectivity index (χ0v) is 12.4. The fraction of sp³-hybridized carbons (Fsp3) is 0.200. The summed E-state index contributed by atoms with van der Waals surface area (Å²) in [6, 6.07) is 8.64. The minimum Gasteiger partial charge on any atom is -0.479 e. The van der Waals surface area contributed by atoms with Gasteiger partial charge in [-0.1, -0.05) is 18.2 Å². The molecule has 0 aliphatic carbocycles. The van der Waals surface area contributed by atoms with Crippen molar-refractivity contribution in [2.45, 2.75) is 6.42 Å². The number of benzene rings is 1. The first-order valence-electron chi connectivity index (χ1n) is 6.92. The van der Waals surface area contributed by atoms with E-state index in [-0.39, 0.29) is 30.8 Å². The molecule has 8 nitrogen and oxygen atoms in total. The second kappa shape index (κ2) is 6.30. The predicted octanol–water partition coefficient (Wildman–Crippen LogP) is 1.72. The molecule has 1 fully saturated rings. The number of anilines is 1. The fourth-order valence-corrected chi connectivity index (χ4v) is 2.12. The van der Waals surface area contributed by atoms with Gasteiger partial charge in [0.05, 0.1) is 13.3 Å². The molecule has 0 saturated carbocycles. The van der Waals surface area contributed by atoms with E-state index < -0.39 is 6.03 Å². The second-order valence-corrected chi connectivity index (χ2v) is 4.72. The molecule has 1 aromatic heterocycles. The van der Waals surface area contributed by atoms with Crippen LogP contribution in [-0.4, -0.2) is 35.6 Å². The molecule has 2 heterocycles. The Kier molecular flexibility index (Phi) is 4.05. The predicted molar refractivity (Wildman–Crippen MR) is 80.6 cm³/mol. The zero-order valence-electron chi connectivity index (χ0n) is 12.4. The molecule has 1 N–H and O–H groups in total. The molecule has 0 atom stereocenters. The smallest absolute Gasteiger partial charge is 0.328 e. The molecule has 0 unspecified atom stereocenters. The van der Waals surface area contributed by atoms with Crippen LogP contribution < -0.4 is 19.7 Å². The van der Waals surface area contributed by atoms with Crippen LogP contribution in [0.5, 0.6) is 17.6 Å². The van der Waals surface area contributed by atoms with E-state index >= 15 is 0 Å². The lowest BCUT2D eigenvalue weighted by Gasteiger charge is -2.26. The first-order chi connectivity index (χ1) is 11.2. The van der Waals surface area contributed by atoms with Gasteiger partial charge in [-0.25, -0.2) is 9.78 Å². The topological polar surface area (TPSA) is 93.7 Å². The van der Waals surface area contributed by atoms with Gasteiger partial charge < -0.3 is 9.47 Å². The van der Waals surface area contributed by atoms with E-state index in [2.05, 4.69) is 15.3 Å². The van der Waals surface area contributed by atoms with E-state index in [1.54, 1.807) is 12.1 Å². The van der Waals surface area contributed by atoms with Gasteiger partial charge in [-0.15, -0.1) is 0 Å². The van der Waals surface area contributed by atoms with Gasteiger partial charge in [0, 0.05) is 13.0 Å². The van der Waals surface area contributed by atoms with Crippen molar-refractivity contribution in [3.8, 4) is 17.6 Å². The van der Waals surface area contributed by atoms with Crippen molar-refractivity contribution in [2.75, 3.05) is 18.6 Å². The van der Waals surface area contributed by atoms with E-state index in [9.17, 15) is 9.59 Å². The van der Waals surface area contributed by atoms with Crippen molar-refractivity contribution < 1.29 is 19.1 Å². The summed E-state index contributed by atoms with van der Waals surface area (Å²) in [6.07, 6.45) is 1.64. The number of methoxy groups -OCH3 is 1. The second-order valence-electron chi connectivity index (χ2n) is 4.72. The Morgan fingerprint density at radius 2 is 2.00 bits per heavy atom. The number of aromatic nitrogens is 2. The summed E-state index contributed by atoms with van der Waals surface area (Å²) in [6.45, 7) is 0.239. The van der Waals surface area contributed by atoms with Crippen molar-refractivity contribution >= 4 is 17.6 Å². The Bertz CT molecular complexity index is 736. The normalized spacial score (nSPS) is 14.4. The van der Waals surface area contributed by atoms with Gasteiger partial charge in [-0.05, 0) is 12.1 Å². The number of amides is 3. The van der Waals surface area contributed by atoms with Crippen LogP contribution in [0.4, 0.5) is 10.5 Å². The SMILES string of the molecule is COc1nc(Oc2ccccc2)ncc1N1CCC(=O)NC1=O. The largest absolute Gasteiger partial charge is 0.479 e. The Morgan fingerprint density at radius 1 is 1.22 bits per heavy atom. The van der Waals surface area contributed by atoms with Gasteiger partial charge in [0.1, 0.15) is 11.4 Å². The fourth-order valence-electron chi connectivity index (χ4n) is 2.12. The van der Waals surface area contributed by atoms with Crippen LogP contribution in [0.15, 0.2) is 36.5 Å². The number of hydrogen-bond donors (Lipinski definition) is 1. The Morgan fingerprint density at radius 3 is 2.70 bits per heavy atom. The van der Waals surface area contributed by atoms with Crippen molar-refractivity contribution in [3.63, 3.8) is 0 Å². The molecule has 0 radical (unpaired) electrons. The van der Waals surface area contributed by atoms with Gasteiger partial charge in [0.15, 0.2) is 0 Å². The van der Waals surface area contributed by atoms with Gasteiger partial charge in [0.2, 0.25) is 11.8 Å². The number of urea groups is 1. The quantitative estimate of drug-likeness (QED) is 0.923. The highest BCUT2D eigenvalue weighted by Crippen LogP contribution is 2.29. The summed E-state index contributed by atoms with van der Waals surface area (Å²) in [7, 11) is 1.44. The summed E-state index contributed by atoms with van der Waals surface area (Å²) in [5.41, 5.74) is 0.373. The number of imide groups is 1. The lowest BCUT2D eigenvalue weighted by atomic mass is 10.3. The number of ether oxygens (including phenoxy) is 2. The van der Waals surface area contributed by atoms with E-state index in [1.807, 2.05) is 18.2 Å². The molecule has 3 amide bonds. The van der Waals surface area contributed by atoms with Crippen molar-refractivity contribution in [2.24, 2.45) is 0 Å². The summed E-state index contributed by atoms with van der Waals surface area (Å²) in [4.78, 5) is 32.7. The Hall–Kier alpha value is -3.16. The monoisotopic (exact) mass is 314 g/mol. The summed E-state index contributed by atoms with van der Waals surface area (Å²) < 4.78 is 10.7. The molecule has 3 rings (SSSR count). The average Bonchev–Trinajstić information content (AvgIpc) is 2.56. The first kappa shape index (κ1) is 14.8. The number of hydrogen-bond acceptors (Lipinski definition) is 6. The first-order valence-corrected chi connectivity index (χ1v) is 6.92. The number of carbonyl (C=O) groups excluding carboxylic acids is 2. The third kappa shape index (κ3) is 3.20. The highest BCUT2D eigenvalue weighted by Gasteiger charge is 2.27. The van der Waals surface area contributed by atoms with Crippen molar-refractivity contribution in [1.82, 2.24) is 15.3 Å². The van der Waals surface area contributed by atoms with E-state index in [4.69, 9.17) is 9.47 Å². The van der Waals surface area contributed by atoms with E-state index in [0.29, 0.717) is 11.4 Å². The molecule has 1 saturated heterocycles. The number of rotatable bonds is 4. The van der Waals surface area contributed by atoms with Crippen LogP contribution in [0, 0.1) is 0 Å². The van der Waals surface area contributed by atoms with E-state index in [1.165, 1.54) is 18.2 Å². The molecule has 2 aromatic rings. The standard InChI is InChI=1S/C15H14N4O4/c1-22-13-11(19-8-7-12(20)17-15(19)21)9-16-14(18-13)23-10-5-3-2-4-6-10/h2-6,9H,7-8H2,1H3,(H,17,20,21). The molecule has 0 spiro atoms. The molecular formula is C15H14N4O4. The van der Waals surface area contributed by atoms with Crippen LogP contribution in [0.2, 0.25) is 0 Å². The Labute approximate surface area is 132 Å². The minimum absolute atomic E-state index is 0.102. The van der Waals surface area contributed by atoms with Gasteiger partial charge >= 0.3 is 12.0 Å². The summed E-state index contributed by atoms with van der Waals surface area (Å²) >= 11 is 0. The third-order valence-electron chi connectivity index (χ3n) is 3.20. The number of nitrogens with one attached hydrogen (secondary N) is 1. The third-order valence-corrected chi connectivity index (χ3v) is 3.20. The van der Waals surface area contributed by atoms with E-state index in [0.717, 1.165) is 0 Å². The van der Waals surface area contributed by atoms with Gasteiger partial charge in [-0.2, -0.15) is 4.98 Å². The maximum absolute atomic E-state index is 11.9. The van der Waals surface area contributed by atoms with Crippen LogP contribution in [0.1, 0.15) is 6.42 Å². The molecule has 1 aliphatic rings. The molecule has 118 valence electrons. The minimum atomic E-state index is -0.528. The Balaban J connectivity index is 1.85. The molecule has 0 bridgehead atoms. The maximum Gasteiger partial charge on any atom is 0.328 e. The molecular weight excluding hydrogens is 300 g/mol. The van der Waals surface area contributed by atoms with Crippen molar-refractivity contribution in [3.05, 3.63) is 36.5 Å². The van der Waals surface area contributed by atoms with Crippen LogP contribution in [-0.2, 0) is 4.79 Å². The van der Waals surface area contributed by atoms with Crippen molar-refractivity contribution in [1.29, 1.82) is 0 Å². The van der Waals surface area contributed by atoms with Gasteiger partial charge in [-0.3, -0.25) is 15.0 Å². The average molecular weight is 314 g/mol. The zero-order chi connectivity index (χ0) is 16.2. The molecule has 8 heteroatoms. The lowest BCUT2D eigenvalue weighted by molar-refractivity contribution is -0.120. The molecule has 1 aromatic carbocycles. The van der Waals surface area contributed by atoms with Crippen LogP contribution >= 0.6 is 0 Å². The maximum atomic E-state index is 11.9. The summed E-state index contributed by atoms with van der Waals surface area (Å²) in [5, 5.41) is 2.24. The highest BCUT2D eigenvalue weighted by molar-refractivity contribution is 6.06. The molecule has 1 aliphatic heterocycles. The number of para-hydroxylation sites is 1. The van der Waals surface area contributed by atoms with Gasteiger partial charge in [0.25, 0.3) is 0 Å². The lowest BCUT2D eigenvalue weighted by Crippen LogP contribution is -2.49. The van der Waals surface area contributed by atoms with Crippen LogP contribution in [0.25, 0.3) is 0 Å². The summed E-state index contributed by atoms with van der Waals surface area (Å²) in [5.74, 6) is 0.467. The van der Waals surface area contributed by atoms with Crippen LogP contribution in [0.3, 0.4) is 0 Å². The number of nitrogens with zero attached hydrogens (tertiary/aromatic N) is 3. The number of carbonyl (C=O) groups is 2. The molecule has 23 heavy (non-hydrogen) atoms. The highest BCUT2D eigenvalue weighted by atomic mass is 16.5.